The van der Waals surface area contributed by atoms with Crippen molar-refractivity contribution in [1.82, 2.24) is 0 Å². The van der Waals surface area contributed by atoms with Crippen LogP contribution in [0.4, 0.5) is 0 Å². The summed E-state index contributed by atoms with van der Waals surface area (Å²) < 4.78 is 43.8. The normalized spacial score (nSPS) is 13.3. The van der Waals surface area contributed by atoms with Gasteiger partial charge in [-0.25, -0.2) is 0 Å². The lowest BCUT2D eigenvalue weighted by molar-refractivity contribution is 1.63. The van der Waals surface area contributed by atoms with Gasteiger partial charge >= 0.3 is 0 Å². The summed E-state index contributed by atoms with van der Waals surface area (Å²) in [4.78, 5) is 0. The Hall–Kier alpha value is -5.24. The van der Waals surface area contributed by atoms with Gasteiger partial charge < -0.3 is 0 Å². The molecule has 0 atom stereocenters. The van der Waals surface area contributed by atoms with E-state index in [-0.39, 0.29) is 35.8 Å². The van der Waals surface area contributed by atoms with Crippen LogP contribution in [0, 0.1) is 0 Å². The van der Waals surface area contributed by atoms with Gasteiger partial charge in [-0.1, -0.05) is 145 Å². The molecule has 0 nitrogen and oxygen atoms in total. The smallest absolute Gasteiger partial charge is 0.0629 e. The van der Waals surface area contributed by atoms with E-state index in [0.29, 0.717) is 5.56 Å². The highest BCUT2D eigenvalue weighted by molar-refractivity contribution is 7.26. The van der Waals surface area contributed by atoms with Crippen LogP contribution in [0.5, 0.6) is 0 Å². The molecule has 0 saturated heterocycles. The Bertz CT molecular complexity index is 2730. The molecule has 0 aliphatic rings. The summed E-state index contributed by atoms with van der Waals surface area (Å²) in [7, 11) is 0. The lowest BCUT2D eigenvalue weighted by atomic mass is 9.91. The Kier molecular flexibility index (Phi) is 4.45. The maximum Gasteiger partial charge on any atom is 0.0629 e. The number of hydrogen-bond donors (Lipinski definition) is 0. The van der Waals surface area contributed by atoms with Gasteiger partial charge in [-0.2, -0.15) is 0 Å². The van der Waals surface area contributed by atoms with Gasteiger partial charge in [0.25, 0.3) is 0 Å². The summed E-state index contributed by atoms with van der Waals surface area (Å²) in [5.74, 6) is 0. The Morgan fingerprint density at radius 3 is 1.49 bits per heavy atom. The SMILES string of the molecule is [2H]c1c([2H])c([2H])c(-c2cccc3c2sc2c(-c4cccc(-c5ccc6c7ccccc7c7ccccc7c6c5)c4)cccc23)c([2H])c1[2H]. The Balaban J connectivity index is 1.22. The first-order valence-electron chi connectivity index (χ1n) is 16.9. The standard InChI is InChI=1S/C42H26S/c1-2-11-27(12-3-1)31-19-9-21-38-39-22-10-20-32(42(39)43-41(31)38)30-14-8-13-28(25-30)29-23-24-37-35-17-5-4-15-33(35)34-16-6-7-18-36(34)40(37)26-29/h1-26H/i1D,2D,3D,11D,12D. The molecular weight excluding hydrogens is 537 g/mol. The van der Waals surface area contributed by atoms with Gasteiger partial charge in [0.1, 0.15) is 0 Å². The van der Waals surface area contributed by atoms with Gasteiger partial charge in [-0.3, -0.25) is 0 Å². The van der Waals surface area contributed by atoms with Crippen LogP contribution in [-0.4, -0.2) is 0 Å². The molecule has 0 spiro atoms. The lowest BCUT2D eigenvalue weighted by Crippen LogP contribution is -1.86. The van der Waals surface area contributed by atoms with Crippen molar-refractivity contribution in [1.29, 1.82) is 0 Å². The first-order valence-corrected chi connectivity index (χ1v) is 15.2. The first kappa shape index (κ1) is 19.8. The fourth-order valence-electron chi connectivity index (χ4n) is 6.58. The summed E-state index contributed by atoms with van der Waals surface area (Å²) in [6.45, 7) is 0. The predicted octanol–water partition coefficient (Wildman–Crippen LogP) is 12.5. The molecule has 1 aromatic heterocycles. The molecule has 0 aliphatic heterocycles. The van der Waals surface area contributed by atoms with E-state index in [1.54, 1.807) is 11.3 Å². The molecule has 0 unspecified atom stereocenters. The molecule has 0 amide bonds. The molecular formula is C42H26S. The average molecular weight is 568 g/mol. The van der Waals surface area contributed by atoms with Crippen LogP contribution in [-0.2, 0) is 0 Å². The van der Waals surface area contributed by atoms with Gasteiger partial charge in [0, 0.05) is 20.2 Å². The monoisotopic (exact) mass is 567 g/mol. The quantitative estimate of drug-likeness (QED) is 0.186. The number of thiophene rings is 1. The van der Waals surface area contributed by atoms with Crippen LogP contribution in [0.3, 0.4) is 0 Å². The second-order valence-electron chi connectivity index (χ2n) is 10.9. The summed E-state index contributed by atoms with van der Waals surface area (Å²) in [6.07, 6.45) is 0. The average Bonchev–Trinajstić information content (AvgIpc) is 3.53. The van der Waals surface area contributed by atoms with E-state index in [9.17, 15) is 0 Å². The molecule has 0 fully saturated rings. The molecule has 8 aromatic carbocycles. The maximum absolute atomic E-state index is 8.63. The van der Waals surface area contributed by atoms with E-state index in [1.165, 1.54) is 32.3 Å². The first-order chi connectivity index (χ1) is 23.4. The predicted molar refractivity (Wildman–Crippen MR) is 188 cm³/mol. The van der Waals surface area contributed by atoms with Crippen LogP contribution >= 0.6 is 11.3 Å². The van der Waals surface area contributed by atoms with Crippen molar-refractivity contribution in [3.8, 4) is 33.4 Å². The molecule has 1 heterocycles. The fourth-order valence-corrected chi connectivity index (χ4v) is 7.94. The summed E-state index contributed by atoms with van der Waals surface area (Å²) >= 11 is 1.61. The Labute approximate surface area is 261 Å². The van der Waals surface area contributed by atoms with E-state index in [2.05, 4.69) is 115 Å². The molecule has 43 heavy (non-hydrogen) atoms. The lowest BCUT2D eigenvalue weighted by Gasteiger charge is -2.12. The molecule has 1 heteroatoms. The van der Waals surface area contributed by atoms with Gasteiger partial charge in [-0.05, 0) is 77.8 Å². The Morgan fingerprint density at radius 1 is 0.349 bits per heavy atom. The third kappa shape index (κ3) is 3.82. The number of hydrogen-bond acceptors (Lipinski definition) is 1. The summed E-state index contributed by atoms with van der Waals surface area (Å²) in [6, 6.07) is 43.4. The maximum atomic E-state index is 8.63. The van der Waals surface area contributed by atoms with Crippen LogP contribution in [0.1, 0.15) is 6.85 Å². The van der Waals surface area contributed by atoms with E-state index in [1.807, 2.05) is 12.1 Å². The molecule has 0 bridgehead atoms. The van der Waals surface area contributed by atoms with Gasteiger partial charge in [-0.15, -0.1) is 11.3 Å². The van der Waals surface area contributed by atoms with Crippen molar-refractivity contribution in [2.24, 2.45) is 0 Å². The van der Waals surface area contributed by atoms with Gasteiger partial charge in [0.05, 0.1) is 6.85 Å². The molecule has 0 aliphatic carbocycles. The van der Waals surface area contributed by atoms with Crippen LogP contribution in [0.15, 0.2) is 158 Å². The van der Waals surface area contributed by atoms with Crippen molar-refractivity contribution in [2.45, 2.75) is 0 Å². The summed E-state index contributed by atoms with van der Waals surface area (Å²) in [5.41, 5.74) is 5.36. The molecule has 0 N–H and O–H groups in total. The molecule has 0 radical (unpaired) electrons. The highest BCUT2D eigenvalue weighted by Gasteiger charge is 2.15. The van der Waals surface area contributed by atoms with Crippen molar-refractivity contribution >= 4 is 63.8 Å². The highest BCUT2D eigenvalue weighted by Crippen LogP contribution is 2.44. The van der Waals surface area contributed by atoms with Crippen molar-refractivity contribution in [3.05, 3.63) is 158 Å². The van der Waals surface area contributed by atoms with Gasteiger partial charge in [0.15, 0.2) is 0 Å². The zero-order valence-electron chi connectivity index (χ0n) is 28.0. The minimum absolute atomic E-state index is 0.185. The second-order valence-corrected chi connectivity index (χ2v) is 11.9. The van der Waals surface area contributed by atoms with Gasteiger partial charge in [0.2, 0.25) is 0 Å². The zero-order chi connectivity index (χ0) is 32.7. The van der Waals surface area contributed by atoms with Crippen molar-refractivity contribution in [3.63, 3.8) is 0 Å². The topological polar surface area (TPSA) is 0 Å². The van der Waals surface area contributed by atoms with Crippen molar-refractivity contribution in [2.75, 3.05) is 0 Å². The largest absolute Gasteiger partial charge is 0.134 e. The highest BCUT2D eigenvalue weighted by atomic mass is 32.1. The number of rotatable bonds is 3. The molecule has 9 rings (SSSR count). The molecule has 200 valence electrons. The zero-order valence-corrected chi connectivity index (χ0v) is 23.8. The van der Waals surface area contributed by atoms with E-state index < -0.39 is 0 Å². The Morgan fingerprint density at radius 2 is 0.837 bits per heavy atom. The third-order valence-corrected chi connectivity index (χ3v) is 9.83. The fraction of sp³-hybridized carbons (Fsp3) is 0. The third-order valence-electron chi connectivity index (χ3n) is 8.54. The van der Waals surface area contributed by atoms with E-state index >= 15 is 0 Å². The van der Waals surface area contributed by atoms with Crippen molar-refractivity contribution < 1.29 is 6.85 Å². The van der Waals surface area contributed by atoms with Crippen LogP contribution in [0.2, 0.25) is 0 Å². The molecule has 9 aromatic rings. The van der Waals surface area contributed by atoms with E-state index in [0.717, 1.165) is 42.4 Å². The molecule has 0 saturated carbocycles. The minimum Gasteiger partial charge on any atom is -0.134 e. The minimum atomic E-state index is -0.382. The van der Waals surface area contributed by atoms with Crippen LogP contribution < -0.4 is 0 Å². The second kappa shape index (κ2) is 9.66. The number of fused-ring (bicyclic) bond motifs is 9. The summed E-state index contributed by atoms with van der Waals surface area (Å²) in [5, 5.41) is 9.59. The van der Waals surface area contributed by atoms with Crippen LogP contribution in [0.25, 0.3) is 85.9 Å². The number of benzene rings is 8. The van der Waals surface area contributed by atoms with E-state index in [4.69, 9.17) is 6.85 Å².